The number of aromatic nitrogens is 2. The summed E-state index contributed by atoms with van der Waals surface area (Å²) >= 11 is 0. The van der Waals surface area contributed by atoms with Gasteiger partial charge in [-0.15, -0.1) is 0 Å². The highest BCUT2D eigenvalue weighted by atomic mass is 16.5. The molecule has 0 saturated heterocycles. The zero-order valence-electron chi connectivity index (χ0n) is 14.2. The van der Waals surface area contributed by atoms with Gasteiger partial charge in [-0.25, -0.2) is 4.79 Å². The quantitative estimate of drug-likeness (QED) is 0.715. The minimum atomic E-state index is -1.04. The molecule has 2 N–H and O–H groups in total. The molecule has 0 bridgehead atoms. The van der Waals surface area contributed by atoms with E-state index in [2.05, 4.69) is 15.5 Å². The fourth-order valence-corrected chi connectivity index (χ4v) is 2.18. The van der Waals surface area contributed by atoms with Gasteiger partial charge in [-0.2, -0.15) is 4.98 Å². The van der Waals surface area contributed by atoms with Gasteiger partial charge in [-0.05, 0) is 24.6 Å². The van der Waals surface area contributed by atoms with Crippen molar-refractivity contribution in [1.82, 2.24) is 15.5 Å². The predicted octanol–water partition coefficient (Wildman–Crippen LogP) is 2.33. The van der Waals surface area contributed by atoms with Crippen molar-refractivity contribution >= 4 is 11.9 Å². The molecule has 0 aliphatic heterocycles. The monoisotopic (exact) mass is 347 g/mol. The fourth-order valence-electron chi connectivity index (χ4n) is 2.18. The Labute approximate surface area is 145 Å². The lowest BCUT2D eigenvalue weighted by Crippen LogP contribution is -2.40. The number of carboxylic acids is 1. The van der Waals surface area contributed by atoms with Gasteiger partial charge >= 0.3 is 5.97 Å². The summed E-state index contributed by atoms with van der Waals surface area (Å²) in [6.07, 6.45) is 1.98. The number of carboxylic acid groups (broad SMARTS) is 1. The Bertz CT molecular complexity index is 729. The molecule has 0 aliphatic carbocycles. The Morgan fingerprint density at radius 3 is 2.84 bits per heavy atom. The standard InChI is InChI=1S/C17H21N3O5/c1-3-4-8-14(17(22)23)19-16(21)12-6-5-7-13(9-12)24-10-15-18-11(2)25-20-15/h5-7,9,14H,3-4,8,10H2,1-2H3,(H,19,21)(H,22,23). The molecule has 2 aromatic rings. The molecule has 0 fully saturated rings. The highest BCUT2D eigenvalue weighted by molar-refractivity contribution is 5.96. The Morgan fingerprint density at radius 2 is 2.20 bits per heavy atom. The van der Waals surface area contributed by atoms with E-state index in [0.29, 0.717) is 29.4 Å². The molecule has 134 valence electrons. The van der Waals surface area contributed by atoms with Crippen molar-refractivity contribution < 1.29 is 24.0 Å². The maximum absolute atomic E-state index is 12.3. The average molecular weight is 347 g/mol. The molecule has 8 nitrogen and oxygen atoms in total. The van der Waals surface area contributed by atoms with Crippen molar-refractivity contribution in [2.45, 2.75) is 45.8 Å². The minimum Gasteiger partial charge on any atom is -0.485 e. The van der Waals surface area contributed by atoms with Crippen LogP contribution in [0.2, 0.25) is 0 Å². The third kappa shape index (κ3) is 5.59. The van der Waals surface area contributed by atoms with Crippen molar-refractivity contribution in [3.8, 4) is 5.75 Å². The first-order valence-electron chi connectivity index (χ1n) is 8.05. The number of rotatable bonds is 9. The highest BCUT2D eigenvalue weighted by Crippen LogP contribution is 2.15. The lowest BCUT2D eigenvalue weighted by Gasteiger charge is -2.14. The van der Waals surface area contributed by atoms with Gasteiger partial charge in [0.05, 0.1) is 0 Å². The van der Waals surface area contributed by atoms with E-state index >= 15 is 0 Å². The van der Waals surface area contributed by atoms with Crippen LogP contribution in [0.15, 0.2) is 28.8 Å². The molecule has 0 saturated carbocycles. The van der Waals surface area contributed by atoms with Crippen LogP contribution in [0.4, 0.5) is 0 Å². The number of ether oxygens (including phenoxy) is 1. The number of hydrogen-bond donors (Lipinski definition) is 2. The highest BCUT2D eigenvalue weighted by Gasteiger charge is 2.20. The van der Waals surface area contributed by atoms with Crippen LogP contribution in [-0.4, -0.2) is 33.2 Å². The van der Waals surface area contributed by atoms with Crippen LogP contribution < -0.4 is 10.1 Å². The van der Waals surface area contributed by atoms with Crippen molar-refractivity contribution in [1.29, 1.82) is 0 Å². The van der Waals surface area contributed by atoms with E-state index in [4.69, 9.17) is 9.26 Å². The summed E-state index contributed by atoms with van der Waals surface area (Å²) < 4.78 is 10.4. The number of aryl methyl sites for hydroxylation is 1. The molecular weight excluding hydrogens is 326 g/mol. The largest absolute Gasteiger partial charge is 0.485 e. The van der Waals surface area contributed by atoms with Gasteiger partial charge in [-0.1, -0.05) is 31.0 Å². The molecule has 1 aromatic carbocycles. The van der Waals surface area contributed by atoms with Crippen LogP contribution in [-0.2, 0) is 11.4 Å². The number of carbonyl (C=O) groups excluding carboxylic acids is 1. The van der Waals surface area contributed by atoms with Crippen LogP contribution in [0.3, 0.4) is 0 Å². The summed E-state index contributed by atoms with van der Waals surface area (Å²) in [5.74, 6) is -0.196. The van der Waals surface area contributed by atoms with E-state index in [1.807, 2.05) is 6.92 Å². The SMILES string of the molecule is CCCCC(NC(=O)c1cccc(OCc2noc(C)n2)c1)C(=O)O. The summed E-state index contributed by atoms with van der Waals surface area (Å²) in [5, 5.41) is 15.5. The van der Waals surface area contributed by atoms with Crippen LogP contribution in [0.1, 0.15) is 48.3 Å². The Morgan fingerprint density at radius 1 is 1.40 bits per heavy atom. The fraction of sp³-hybridized carbons (Fsp3) is 0.412. The van der Waals surface area contributed by atoms with E-state index in [9.17, 15) is 14.7 Å². The second-order valence-electron chi connectivity index (χ2n) is 5.55. The number of aliphatic carboxylic acids is 1. The van der Waals surface area contributed by atoms with Crippen molar-refractivity contribution in [3.63, 3.8) is 0 Å². The molecule has 0 aliphatic rings. The summed E-state index contributed by atoms with van der Waals surface area (Å²) in [6, 6.07) is 5.59. The second kappa shape index (κ2) is 8.81. The van der Waals surface area contributed by atoms with Crippen LogP contribution in [0, 0.1) is 6.92 Å². The molecule has 1 aromatic heterocycles. The van der Waals surface area contributed by atoms with Gasteiger partial charge in [0.25, 0.3) is 5.91 Å². The smallest absolute Gasteiger partial charge is 0.326 e. The lowest BCUT2D eigenvalue weighted by molar-refractivity contribution is -0.139. The molecule has 0 radical (unpaired) electrons. The first kappa shape index (κ1) is 18.4. The zero-order valence-corrected chi connectivity index (χ0v) is 14.2. The van der Waals surface area contributed by atoms with E-state index in [1.54, 1.807) is 31.2 Å². The number of nitrogens with one attached hydrogen (secondary N) is 1. The molecule has 1 unspecified atom stereocenters. The van der Waals surface area contributed by atoms with Crippen molar-refractivity contribution in [3.05, 3.63) is 41.5 Å². The van der Waals surface area contributed by atoms with Crippen LogP contribution in [0.25, 0.3) is 0 Å². The van der Waals surface area contributed by atoms with E-state index in [-0.39, 0.29) is 6.61 Å². The zero-order chi connectivity index (χ0) is 18.2. The molecule has 0 spiro atoms. The van der Waals surface area contributed by atoms with Gasteiger partial charge in [0.1, 0.15) is 11.8 Å². The van der Waals surface area contributed by atoms with Gasteiger partial charge in [0.2, 0.25) is 11.7 Å². The first-order valence-corrected chi connectivity index (χ1v) is 8.05. The van der Waals surface area contributed by atoms with Crippen molar-refractivity contribution in [2.24, 2.45) is 0 Å². The Hall–Kier alpha value is -2.90. The van der Waals surface area contributed by atoms with Gasteiger partial charge in [-0.3, -0.25) is 4.79 Å². The molecular formula is C17H21N3O5. The van der Waals surface area contributed by atoms with Crippen molar-refractivity contribution in [2.75, 3.05) is 0 Å². The van der Waals surface area contributed by atoms with Crippen LogP contribution >= 0.6 is 0 Å². The second-order valence-corrected chi connectivity index (χ2v) is 5.55. The normalized spacial score (nSPS) is 11.8. The topological polar surface area (TPSA) is 115 Å². The lowest BCUT2D eigenvalue weighted by atomic mass is 10.1. The summed E-state index contributed by atoms with van der Waals surface area (Å²) in [6.45, 7) is 3.75. The molecule has 1 amide bonds. The molecule has 1 heterocycles. The third-order valence-corrected chi connectivity index (χ3v) is 3.48. The maximum atomic E-state index is 12.3. The number of amides is 1. The van der Waals surface area contributed by atoms with Gasteiger partial charge in [0, 0.05) is 12.5 Å². The maximum Gasteiger partial charge on any atom is 0.326 e. The first-order chi connectivity index (χ1) is 12.0. The number of nitrogens with zero attached hydrogens (tertiary/aromatic N) is 2. The number of unbranched alkanes of at least 4 members (excludes halogenated alkanes) is 1. The average Bonchev–Trinajstić information content (AvgIpc) is 3.02. The number of carbonyl (C=O) groups is 2. The summed E-state index contributed by atoms with van der Waals surface area (Å²) in [7, 11) is 0. The number of benzene rings is 1. The van der Waals surface area contributed by atoms with Gasteiger partial charge in [0.15, 0.2) is 6.61 Å². The molecule has 1 atom stereocenters. The summed E-state index contributed by atoms with van der Waals surface area (Å²) in [5.41, 5.74) is 0.324. The van der Waals surface area contributed by atoms with Gasteiger partial charge < -0.3 is 19.7 Å². The third-order valence-electron chi connectivity index (χ3n) is 3.48. The van der Waals surface area contributed by atoms with E-state index < -0.39 is 17.9 Å². The summed E-state index contributed by atoms with van der Waals surface area (Å²) in [4.78, 5) is 27.5. The van der Waals surface area contributed by atoms with E-state index in [1.165, 1.54) is 0 Å². The Balaban J connectivity index is 1.98. The minimum absolute atomic E-state index is 0.108. The Kier molecular flexibility index (Phi) is 6.50. The molecule has 25 heavy (non-hydrogen) atoms. The predicted molar refractivity (Wildman–Crippen MR) is 88.2 cm³/mol. The number of hydrogen-bond acceptors (Lipinski definition) is 6. The molecule has 8 heteroatoms. The molecule has 2 rings (SSSR count). The van der Waals surface area contributed by atoms with Crippen LogP contribution in [0.5, 0.6) is 5.75 Å². The van der Waals surface area contributed by atoms with E-state index in [0.717, 1.165) is 12.8 Å².